The van der Waals surface area contributed by atoms with Gasteiger partial charge in [0.05, 0.1) is 11.3 Å². The Morgan fingerprint density at radius 1 is 1.59 bits per heavy atom. The van der Waals surface area contributed by atoms with Crippen molar-refractivity contribution in [2.75, 3.05) is 18.5 Å². The Labute approximate surface area is 103 Å². The number of imidazole rings is 1. The van der Waals surface area contributed by atoms with Gasteiger partial charge in [0, 0.05) is 25.4 Å². The van der Waals surface area contributed by atoms with Crippen molar-refractivity contribution in [3.8, 4) is 0 Å². The van der Waals surface area contributed by atoms with Gasteiger partial charge in [-0.05, 0) is 40.5 Å². The first-order valence-electron chi connectivity index (χ1n) is 6.43. The summed E-state index contributed by atoms with van der Waals surface area (Å²) in [7, 11) is 0. The van der Waals surface area contributed by atoms with E-state index in [0.29, 0.717) is 6.04 Å². The van der Waals surface area contributed by atoms with Gasteiger partial charge in [-0.1, -0.05) is 0 Å². The highest BCUT2D eigenvalue weighted by molar-refractivity contribution is 5.30. The first-order chi connectivity index (χ1) is 8.00. The van der Waals surface area contributed by atoms with Crippen molar-refractivity contribution in [3.63, 3.8) is 0 Å². The zero-order valence-electron chi connectivity index (χ0n) is 11.3. The summed E-state index contributed by atoms with van der Waals surface area (Å²) in [6, 6.07) is 0.427. The lowest BCUT2D eigenvalue weighted by Gasteiger charge is -2.24. The molecule has 17 heavy (non-hydrogen) atoms. The molecule has 0 spiro atoms. The van der Waals surface area contributed by atoms with Crippen LogP contribution >= 0.6 is 0 Å². The largest absolute Gasteiger partial charge is 0.373 e. The van der Waals surface area contributed by atoms with Gasteiger partial charge in [0.15, 0.2) is 0 Å². The second kappa shape index (κ2) is 4.69. The predicted octanol–water partition coefficient (Wildman–Crippen LogP) is 2.75. The van der Waals surface area contributed by atoms with Gasteiger partial charge in [0.25, 0.3) is 0 Å². The Morgan fingerprint density at radius 3 is 2.94 bits per heavy atom. The number of hydrogen-bond acceptors (Lipinski definition) is 3. The quantitative estimate of drug-likeness (QED) is 0.875. The number of ether oxygens (including phenoxy) is 1. The molecule has 96 valence electrons. The fraction of sp³-hybridized carbons (Fsp3) is 0.769. The second-order valence-electron chi connectivity index (χ2n) is 5.46. The van der Waals surface area contributed by atoms with E-state index in [-0.39, 0.29) is 5.60 Å². The highest BCUT2D eigenvalue weighted by atomic mass is 16.5. The molecule has 1 N–H and O–H groups in total. The summed E-state index contributed by atoms with van der Waals surface area (Å²) in [5, 5.41) is 3.42. The van der Waals surface area contributed by atoms with Gasteiger partial charge < -0.3 is 14.6 Å². The Bertz CT molecular complexity index is 378. The Balaban J connectivity index is 2.03. The molecule has 1 aliphatic rings. The number of aryl methyl sites for hydroxylation is 1. The van der Waals surface area contributed by atoms with Gasteiger partial charge in [-0.2, -0.15) is 0 Å². The fourth-order valence-electron chi connectivity index (χ4n) is 2.28. The molecule has 0 radical (unpaired) electrons. The summed E-state index contributed by atoms with van der Waals surface area (Å²) in [5.41, 5.74) is 1.03. The highest BCUT2D eigenvalue weighted by Gasteiger charge is 2.29. The van der Waals surface area contributed by atoms with Gasteiger partial charge >= 0.3 is 0 Å². The topological polar surface area (TPSA) is 39.1 Å². The molecular weight excluding hydrogens is 214 g/mol. The monoisotopic (exact) mass is 237 g/mol. The van der Waals surface area contributed by atoms with Gasteiger partial charge in [0.1, 0.15) is 0 Å². The second-order valence-corrected chi connectivity index (χ2v) is 5.46. The molecule has 1 saturated heterocycles. The Hall–Kier alpha value is -1.03. The molecule has 2 rings (SSSR count). The van der Waals surface area contributed by atoms with E-state index in [1.165, 1.54) is 0 Å². The lowest BCUT2D eigenvalue weighted by Crippen LogP contribution is -2.33. The number of hydrogen-bond donors (Lipinski definition) is 1. The molecule has 4 heteroatoms. The Morgan fingerprint density at radius 2 is 2.35 bits per heavy atom. The molecular formula is C13H23N3O. The van der Waals surface area contributed by atoms with Gasteiger partial charge in [0.2, 0.25) is 5.95 Å². The van der Waals surface area contributed by atoms with Crippen LogP contribution in [0.1, 0.15) is 45.3 Å². The average Bonchev–Trinajstić information content (AvgIpc) is 2.83. The van der Waals surface area contributed by atoms with Gasteiger partial charge in [-0.3, -0.25) is 0 Å². The SMILES string of the molecule is Cc1cn(C(C)C)c(NCC2(C)CCCO2)n1. The molecule has 1 aliphatic heterocycles. The van der Waals surface area contributed by atoms with E-state index in [4.69, 9.17) is 4.74 Å². The van der Waals surface area contributed by atoms with Crippen LogP contribution in [0, 0.1) is 6.92 Å². The normalized spacial score (nSPS) is 24.5. The van der Waals surface area contributed by atoms with Crippen LogP contribution in [0.15, 0.2) is 6.20 Å². The summed E-state index contributed by atoms with van der Waals surface area (Å²) in [5.74, 6) is 0.953. The van der Waals surface area contributed by atoms with Crippen molar-refractivity contribution in [2.45, 2.75) is 52.2 Å². The minimum atomic E-state index is -0.0261. The van der Waals surface area contributed by atoms with Crippen LogP contribution in [0.5, 0.6) is 0 Å². The smallest absolute Gasteiger partial charge is 0.203 e. The molecule has 1 unspecified atom stereocenters. The minimum Gasteiger partial charge on any atom is -0.373 e. The molecule has 1 fully saturated rings. The van der Waals surface area contributed by atoms with E-state index >= 15 is 0 Å². The maximum absolute atomic E-state index is 5.77. The number of nitrogens with one attached hydrogen (secondary N) is 1. The third-order valence-electron chi connectivity index (χ3n) is 3.33. The number of nitrogens with zero attached hydrogens (tertiary/aromatic N) is 2. The van der Waals surface area contributed by atoms with E-state index in [1.807, 2.05) is 6.92 Å². The lowest BCUT2D eigenvalue weighted by molar-refractivity contribution is 0.0313. The lowest BCUT2D eigenvalue weighted by atomic mass is 10.0. The van der Waals surface area contributed by atoms with Crippen LogP contribution in [-0.4, -0.2) is 28.3 Å². The third kappa shape index (κ3) is 2.80. The number of aromatic nitrogens is 2. The van der Waals surface area contributed by atoms with Crippen molar-refractivity contribution < 1.29 is 4.74 Å². The van der Waals surface area contributed by atoms with Crippen LogP contribution < -0.4 is 5.32 Å². The van der Waals surface area contributed by atoms with Crippen molar-refractivity contribution >= 4 is 5.95 Å². The van der Waals surface area contributed by atoms with E-state index in [0.717, 1.165) is 37.6 Å². The Kier molecular flexibility index (Phi) is 3.43. The van der Waals surface area contributed by atoms with Crippen LogP contribution in [0.25, 0.3) is 0 Å². The zero-order chi connectivity index (χ0) is 12.5. The summed E-state index contributed by atoms with van der Waals surface area (Å²) in [6.07, 6.45) is 4.38. The molecule has 2 heterocycles. The minimum absolute atomic E-state index is 0.0261. The molecule has 0 saturated carbocycles. The molecule has 1 aromatic heterocycles. The van der Waals surface area contributed by atoms with Crippen LogP contribution in [0.4, 0.5) is 5.95 Å². The first kappa shape index (κ1) is 12.4. The highest BCUT2D eigenvalue weighted by Crippen LogP contribution is 2.25. The van der Waals surface area contributed by atoms with Crippen LogP contribution in [-0.2, 0) is 4.74 Å². The van der Waals surface area contributed by atoms with E-state index < -0.39 is 0 Å². The molecule has 0 aromatic carbocycles. The predicted molar refractivity (Wildman–Crippen MR) is 69.4 cm³/mol. The van der Waals surface area contributed by atoms with Crippen LogP contribution in [0.2, 0.25) is 0 Å². The van der Waals surface area contributed by atoms with Crippen molar-refractivity contribution in [2.24, 2.45) is 0 Å². The van der Waals surface area contributed by atoms with E-state index in [1.54, 1.807) is 0 Å². The third-order valence-corrected chi connectivity index (χ3v) is 3.33. The van der Waals surface area contributed by atoms with E-state index in [9.17, 15) is 0 Å². The first-order valence-corrected chi connectivity index (χ1v) is 6.43. The number of anilines is 1. The van der Waals surface area contributed by atoms with Crippen molar-refractivity contribution in [3.05, 3.63) is 11.9 Å². The summed E-state index contributed by atoms with van der Waals surface area (Å²) >= 11 is 0. The average molecular weight is 237 g/mol. The van der Waals surface area contributed by atoms with E-state index in [2.05, 4.69) is 41.8 Å². The number of rotatable bonds is 4. The van der Waals surface area contributed by atoms with Crippen molar-refractivity contribution in [1.29, 1.82) is 0 Å². The van der Waals surface area contributed by atoms with Crippen molar-refractivity contribution in [1.82, 2.24) is 9.55 Å². The van der Waals surface area contributed by atoms with Gasteiger partial charge in [-0.25, -0.2) is 4.98 Å². The fourth-order valence-corrected chi connectivity index (χ4v) is 2.28. The molecule has 0 aliphatic carbocycles. The summed E-state index contributed by atoms with van der Waals surface area (Å²) in [4.78, 5) is 4.52. The van der Waals surface area contributed by atoms with Gasteiger partial charge in [-0.15, -0.1) is 0 Å². The maximum Gasteiger partial charge on any atom is 0.203 e. The molecule has 4 nitrogen and oxygen atoms in total. The summed E-state index contributed by atoms with van der Waals surface area (Å²) < 4.78 is 7.94. The molecule has 0 amide bonds. The summed E-state index contributed by atoms with van der Waals surface area (Å²) in [6.45, 7) is 10.2. The van der Waals surface area contributed by atoms with Crippen LogP contribution in [0.3, 0.4) is 0 Å². The molecule has 1 atom stereocenters. The maximum atomic E-state index is 5.77. The zero-order valence-corrected chi connectivity index (χ0v) is 11.3. The molecule has 1 aromatic rings. The standard InChI is InChI=1S/C13H23N3O/c1-10(2)16-8-11(3)15-12(16)14-9-13(4)6-5-7-17-13/h8,10H,5-7,9H2,1-4H3,(H,14,15). The molecule has 0 bridgehead atoms.